The maximum atomic E-state index is 4.77. The van der Waals surface area contributed by atoms with Crippen LogP contribution in [-0.2, 0) is 5.75 Å². The molecule has 0 fully saturated rings. The molecule has 0 unspecified atom stereocenters. The number of aromatic nitrogens is 4. The first-order valence-corrected chi connectivity index (χ1v) is 12.9. The molecule has 0 aliphatic rings. The second-order valence-corrected chi connectivity index (χ2v) is 9.62. The third-order valence-electron chi connectivity index (χ3n) is 5.56. The van der Waals surface area contributed by atoms with Crippen LogP contribution >= 0.6 is 23.1 Å². The molecule has 0 spiro atoms. The normalized spacial score (nSPS) is 11.2. The van der Waals surface area contributed by atoms with Gasteiger partial charge in [-0.05, 0) is 62.4 Å². The average molecular weight is 472 g/mol. The van der Waals surface area contributed by atoms with E-state index < -0.39 is 0 Å². The van der Waals surface area contributed by atoms with Gasteiger partial charge < -0.3 is 4.90 Å². The minimum Gasteiger partial charge on any atom is -0.372 e. The minimum absolute atomic E-state index is 0.755. The Balaban J connectivity index is 1.47. The molecule has 0 aliphatic heterocycles. The lowest BCUT2D eigenvalue weighted by molar-refractivity contribution is 0.866. The number of thioether (sulfide) groups is 1. The van der Waals surface area contributed by atoms with Gasteiger partial charge in [0.15, 0.2) is 11.0 Å². The number of thiazole rings is 1. The van der Waals surface area contributed by atoms with E-state index in [0.717, 1.165) is 51.6 Å². The lowest BCUT2D eigenvalue weighted by atomic mass is 10.1. The summed E-state index contributed by atoms with van der Waals surface area (Å²) in [4.78, 5) is 7.11. The van der Waals surface area contributed by atoms with Crippen LogP contribution in [0.1, 0.15) is 18.9 Å². The van der Waals surface area contributed by atoms with Gasteiger partial charge in [-0.2, -0.15) is 0 Å². The minimum atomic E-state index is 0.755. The van der Waals surface area contributed by atoms with E-state index in [-0.39, 0.29) is 0 Å². The molecule has 0 radical (unpaired) electrons. The van der Waals surface area contributed by atoms with E-state index in [4.69, 9.17) is 4.98 Å². The Morgan fingerprint density at radius 2 is 1.58 bits per heavy atom. The molecule has 0 saturated carbocycles. The zero-order valence-corrected chi connectivity index (χ0v) is 20.3. The zero-order valence-electron chi connectivity index (χ0n) is 18.7. The highest BCUT2D eigenvalue weighted by atomic mass is 32.2. The van der Waals surface area contributed by atoms with Crippen molar-refractivity contribution in [2.75, 3.05) is 18.0 Å². The van der Waals surface area contributed by atoms with Crippen molar-refractivity contribution in [2.45, 2.75) is 24.8 Å². The molecule has 2 aromatic heterocycles. The standard InChI is InChI=1S/C26H25N5S2/c1-3-30(4-2)20-16-14-19(15-17-20)25-28-29-26(31(25)21-10-6-5-7-11-21)32-18-24-27-22-12-8-9-13-23(22)33-24/h5-17H,3-4,18H2,1-2H3. The van der Waals surface area contributed by atoms with Crippen LogP contribution in [0.5, 0.6) is 0 Å². The van der Waals surface area contributed by atoms with Gasteiger partial charge in [0, 0.05) is 30.0 Å². The Morgan fingerprint density at radius 3 is 2.30 bits per heavy atom. The van der Waals surface area contributed by atoms with Crippen molar-refractivity contribution in [1.29, 1.82) is 0 Å². The summed E-state index contributed by atoms with van der Waals surface area (Å²) in [5.74, 6) is 1.60. The molecule has 33 heavy (non-hydrogen) atoms. The third-order valence-corrected chi connectivity index (χ3v) is 7.72. The average Bonchev–Trinajstić information content (AvgIpc) is 3.48. The molecular weight excluding hydrogens is 446 g/mol. The van der Waals surface area contributed by atoms with Crippen molar-refractivity contribution in [3.05, 3.63) is 83.9 Å². The fourth-order valence-corrected chi connectivity index (χ4v) is 5.79. The van der Waals surface area contributed by atoms with Crippen molar-refractivity contribution in [3.8, 4) is 17.1 Å². The van der Waals surface area contributed by atoms with Crippen molar-refractivity contribution >= 4 is 39.0 Å². The number of benzene rings is 3. The Morgan fingerprint density at radius 1 is 0.848 bits per heavy atom. The van der Waals surface area contributed by atoms with E-state index in [9.17, 15) is 0 Å². The second-order valence-electron chi connectivity index (χ2n) is 7.56. The van der Waals surface area contributed by atoms with Crippen LogP contribution in [0.2, 0.25) is 0 Å². The SMILES string of the molecule is CCN(CC)c1ccc(-c2nnc(SCc3nc4ccccc4s3)n2-c2ccccc2)cc1. The lowest BCUT2D eigenvalue weighted by Crippen LogP contribution is -2.21. The van der Waals surface area contributed by atoms with Crippen LogP contribution < -0.4 is 4.90 Å². The van der Waals surface area contributed by atoms with Crippen molar-refractivity contribution in [2.24, 2.45) is 0 Å². The molecule has 0 atom stereocenters. The largest absolute Gasteiger partial charge is 0.372 e. The molecule has 5 aromatic rings. The van der Waals surface area contributed by atoms with Crippen LogP contribution in [0.3, 0.4) is 0 Å². The van der Waals surface area contributed by atoms with Crippen molar-refractivity contribution in [3.63, 3.8) is 0 Å². The van der Waals surface area contributed by atoms with Crippen molar-refractivity contribution in [1.82, 2.24) is 19.7 Å². The Labute approximate surface area is 202 Å². The number of para-hydroxylation sites is 2. The number of hydrogen-bond acceptors (Lipinski definition) is 6. The highest BCUT2D eigenvalue weighted by Crippen LogP contribution is 2.32. The van der Waals surface area contributed by atoms with Crippen molar-refractivity contribution < 1.29 is 0 Å². The molecule has 0 bridgehead atoms. The van der Waals surface area contributed by atoms with Gasteiger partial charge in [0.2, 0.25) is 0 Å². The first kappa shape index (κ1) is 21.7. The van der Waals surface area contributed by atoms with E-state index in [0.29, 0.717) is 0 Å². The number of hydrogen-bond donors (Lipinski definition) is 0. The summed E-state index contributed by atoms with van der Waals surface area (Å²) in [6.45, 7) is 6.34. The van der Waals surface area contributed by atoms with Gasteiger partial charge in [-0.3, -0.25) is 4.57 Å². The summed E-state index contributed by atoms with van der Waals surface area (Å²) in [5.41, 5.74) is 4.38. The molecule has 7 heteroatoms. The Kier molecular flexibility index (Phi) is 6.41. The van der Waals surface area contributed by atoms with E-state index >= 15 is 0 Å². The van der Waals surface area contributed by atoms with Gasteiger partial charge in [0.05, 0.1) is 16.0 Å². The van der Waals surface area contributed by atoms with E-state index in [1.807, 2.05) is 24.3 Å². The summed E-state index contributed by atoms with van der Waals surface area (Å²) in [7, 11) is 0. The molecule has 0 N–H and O–H groups in total. The highest BCUT2D eigenvalue weighted by molar-refractivity contribution is 7.98. The van der Waals surface area contributed by atoms with E-state index in [1.54, 1.807) is 23.1 Å². The van der Waals surface area contributed by atoms with Crippen LogP contribution in [0.15, 0.2) is 84.0 Å². The number of fused-ring (bicyclic) bond motifs is 1. The number of nitrogens with zero attached hydrogens (tertiary/aromatic N) is 5. The molecule has 2 heterocycles. The molecule has 0 aliphatic carbocycles. The van der Waals surface area contributed by atoms with Gasteiger partial charge in [-0.25, -0.2) is 4.98 Å². The fraction of sp³-hybridized carbons (Fsp3) is 0.192. The molecule has 5 rings (SSSR count). The van der Waals surface area contributed by atoms with Gasteiger partial charge in [0.1, 0.15) is 5.01 Å². The highest BCUT2D eigenvalue weighted by Gasteiger charge is 2.17. The summed E-state index contributed by atoms with van der Waals surface area (Å²) in [6, 6.07) is 27.2. The van der Waals surface area contributed by atoms with E-state index in [2.05, 4.69) is 88.1 Å². The maximum absolute atomic E-state index is 4.77. The second kappa shape index (κ2) is 9.77. The molecule has 5 nitrogen and oxygen atoms in total. The van der Waals surface area contributed by atoms with Crippen LogP contribution in [-0.4, -0.2) is 32.8 Å². The van der Waals surface area contributed by atoms with E-state index in [1.165, 1.54) is 10.4 Å². The van der Waals surface area contributed by atoms with Gasteiger partial charge in [0.25, 0.3) is 0 Å². The topological polar surface area (TPSA) is 46.8 Å². The Bertz CT molecular complexity index is 1310. The fourth-order valence-electron chi connectivity index (χ4n) is 3.88. The first-order chi connectivity index (χ1) is 16.3. The summed E-state index contributed by atoms with van der Waals surface area (Å²) < 4.78 is 3.36. The number of anilines is 1. The molecule has 166 valence electrons. The first-order valence-electron chi connectivity index (χ1n) is 11.1. The van der Waals surface area contributed by atoms with Crippen LogP contribution in [0.25, 0.3) is 27.3 Å². The summed E-state index contributed by atoms with van der Waals surface area (Å²) in [5, 5.41) is 11.1. The predicted molar refractivity (Wildman–Crippen MR) is 140 cm³/mol. The van der Waals surface area contributed by atoms with Crippen LogP contribution in [0, 0.1) is 0 Å². The zero-order chi connectivity index (χ0) is 22.6. The quantitative estimate of drug-likeness (QED) is 0.236. The summed E-state index contributed by atoms with van der Waals surface area (Å²) in [6.07, 6.45) is 0. The van der Waals surface area contributed by atoms with Gasteiger partial charge >= 0.3 is 0 Å². The van der Waals surface area contributed by atoms with Gasteiger partial charge in [-0.1, -0.05) is 42.1 Å². The number of rotatable bonds is 8. The molecular formula is C26H25N5S2. The monoisotopic (exact) mass is 471 g/mol. The molecule has 0 amide bonds. The molecule has 0 saturated heterocycles. The smallest absolute Gasteiger partial charge is 0.196 e. The maximum Gasteiger partial charge on any atom is 0.196 e. The van der Waals surface area contributed by atoms with Gasteiger partial charge in [-0.15, -0.1) is 21.5 Å². The third kappa shape index (κ3) is 4.51. The van der Waals surface area contributed by atoms with Crippen LogP contribution in [0.4, 0.5) is 5.69 Å². The Hall–Kier alpha value is -3.16. The predicted octanol–water partition coefficient (Wildman–Crippen LogP) is 6.68. The summed E-state index contributed by atoms with van der Waals surface area (Å²) >= 11 is 3.41. The lowest BCUT2D eigenvalue weighted by Gasteiger charge is -2.21. The molecule has 3 aromatic carbocycles.